The second-order valence-electron chi connectivity index (χ2n) is 4.33. The number of ether oxygens (including phenoxy) is 1. The SMILES string of the molecule is COCCCCCNCC(=O)N(C)C(C)C. The maximum atomic E-state index is 11.6. The molecule has 96 valence electrons. The van der Waals surface area contributed by atoms with E-state index in [-0.39, 0.29) is 11.9 Å². The summed E-state index contributed by atoms with van der Waals surface area (Å²) >= 11 is 0. The van der Waals surface area contributed by atoms with E-state index in [2.05, 4.69) is 5.32 Å². The lowest BCUT2D eigenvalue weighted by Crippen LogP contribution is -2.39. The molecule has 0 heterocycles. The number of hydrogen-bond acceptors (Lipinski definition) is 3. The third kappa shape index (κ3) is 7.65. The summed E-state index contributed by atoms with van der Waals surface area (Å²) < 4.78 is 4.96. The Labute approximate surface area is 99.3 Å². The lowest BCUT2D eigenvalue weighted by atomic mass is 10.2. The van der Waals surface area contributed by atoms with Gasteiger partial charge in [-0.25, -0.2) is 0 Å². The number of unbranched alkanes of at least 4 members (excludes halogenated alkanes) is 2. The molecule has 0 aliphatic heterocycles. The third-order valence-corrected chi connectivity index (χ3v) is 2.65. The molecular weight excluding hydrogens is 204 g/mol. The largest absolute Gasteiger partial charge is 0.385 e. The molecule has 4 heteroatoms. The first-order chi connectivity index (χ1) is 7.59. The van der Waals surface area contributed by atoms with Gasteiger partial charge in [-0.3, -0.25) is 4.79 Å². The fourth-order valence-electron chi connectivity index (χ4n) is 1.28. The number of carbonyl (C=O) groups is 1. The Morgan fingerprint density at radius 3 is 2.56 bits per heavy atom. The average Bonchev–Trinajstić information content (AvgIpc) is 2.26. The molecule has 0 aliphatic carbocycles. The summed E-state index contributed by atoms with van der Waals surface area (Å²) in [5, 5.41) is 3.17. The fraction of sp³-hybridized carbons (Fsp3) is 0.917. The normalized spacial score (nSPS) is 10.8. The van der Waals surface area contributed by atoms with Crippen LogP contribution in [0.4, 0.5) is 0 Å². The van der Waals surface area contributed by atoms with E-state index in [1.54, 1.807) is 12.0 Å². The Balaban J connectivity index is 3.34. The summed E-state index contributed by atoms with van der Waals surface area (Å²) in [6, 6.07) is 0.274. The Morgan fingerprint density at radius 1 is 1.31 bits per heavy atom. The van der Waals surface area contributed by atoms with Gasteiger partial charge >= 0.3 is 0 Å². The lowest BCUT2D eigenvalue weighted by Gasteiger charge is -2.21. The van der Waals surface area contributed by atoms with Crippen LogP contribution < -0.4 is 5.32 Å². The maximum Gasteiger partial charge on any atom is 0.236 e. The van der Waals surface area contributed by atoms with E-state index in [9.17, 15) is 4.79 Å². The van der Waals surface area contributed by atoms with Crippen LogP contribution >= 0.6 is 0 Å². The lowest BCUT2D eigenvalue weighted by molar-refractivity contribution is -0.130. The zero-order valence-corrected chi connectivity index (χ0v) is 11.1. The highest BCUT2D eigenvalue weighted by molar-refractivity contribution is 5.78. The van der Waals surface area contributed by atoms with Crippen molar-refractivity contribution in [2.75, 3.05) is 33.9 Å². The molecule has 0 aromatic carbocycles. The number of nitrogens with zero attached hydrogens (tertiary/aromatic N) is 1. The minimum absolute atomic E-state index is 0.159. The molecule has 0 bridgehead atoms. The Morgan fingerprint density at radius 2 is 2.00 bits per heavy atom. The van der Waals surface area contributed by atoms with Gasteiger partial charge in [-0.15, -0.1) is 0 Å². The van der Waals surface area contributed by atoms with Gasteiger partial charge in [-0.2, -0.15) is 0 Å². The smallest absolute Gasteiger partial charge is 0.236 e. The predicted molar refractivity (Wildman–Crippen MR) is 66.5 cm³/mol. The zero-order chi connectivity index (χ0) is 12.4. The summed E-state index contributed by atoms with van der Waals surface area (Å²) in [5.74, 6) is 0.159. The van der Waals surface area contributed by atoms with E-state index in [0.717, 1.165) is 32.4 Å². The van der Waals surface area contributed by atoms with Crippen LogP contribution in [0.2, 0.25) is 0 Å². The van der Waals surface area contributed by atoms with Crippen LogP contribution in [0.1, 0.15) is 33.1 Å². The van der Waals surface area contributed by atoms with Gasteiger partial charge in [0.25, 0.3) is 0 Å². The quantitative estimate of drug-likeness (QED) is 0.606. The average molecular weight is 230 g/mol. The Hall–Kier alpha value is -0.610. The van der Waals surface area contributed by atoms with Gasteiger partial charge in [0.1, 0.15) is 0 Å². The molecule has 0 aliphatic rings. The van der Waals surface area contributed by atoms with Gasteiger partial charge in [0.15, 0.2) is 0 Å². The number of carbonyl (C=O) groups excluding carboxylic acids is 1. The van der Waals surface area contributed by atoms with Crippen molar-refractivity contribution in [1.82, 2.24) is 10.2 Å². The first-order valence-corrected chi connectivity index (χ1v) is 6.05. The van der Waals surface area contributed by atoms with Crippen molar-refractivity contribution in [2.24, 2.45) is 0 Å². The maximum absolute atomic E-state index is 11.6. The Kier molecular flexibility index (Phi) is 9.24. The molecule has 0 atom stereocenters. The molecule has 0 spiro atoms. The zero-order valence-electron chi connectivity index (χ0n) is 11.1. The summed E-state index contributed by atoms with van der Waals surface area (Å²) in [5.41, 5.74) is 0. The number of rotatable bonds is 9. The number of amides is 1. The van der Waals surface area contributed by atoms with Crippen molar-refractivity contribution < 1.29 is 9.53 Å². The van der Waals surface area contributed by atoms with Crippen LogP contribution in [0.3, 0.4) is 0 Å². The standard InChI is InChI=1S/C12H26N2O2/c1-11(2)14(3)12(15)10-13-8-6-5-7-9-16-4/h11,13H,5-10H2,1-4H3. The topological polar surface area (TPSA) is 41.6 Å². The van der Waals surface area contributed by atoms with Gasteiger partial charge in [0.05, 0.1) is 6.54 Å². The second-order valence-corrected chi connectivity index (χ2v) is 4.33. The van der Waals surface area contributed by atoms with Gasteiger partial charge < -0.3 is 15.0 Å². The van der Waals surface area contributed by atoms with Crippen LogP contribution in [0.15, 0.2) is 0 Å². The number of likely N-dealkylation sites (N-methyl/N-ethyl adjacent to an activating group) is 1. The van der Waals surface area contributed by atoms with Crippen LogP contribution in [0.5, 0.6) is 0 Å². The summed E-state index contributed by atoms with van der Waals surface area (Å²) in [7, 11) is 3.56. The van der Waals surface area contributed by atoms with Crippen LogP contribution in [0, 0.1) is 0 Å². The van der Waals surface area contributed by atoms with Crippen molar-refractivity contribution in [2.45, 2.75) is 39.2 Å². The van der Waals surface area contributed by atoms with Gasteiger partial charge in [-0.05, 0) is 39.7 Å². The number of hydrogen-bond donors (Lipinski definition) is 1. The minimum atomic E-state index is 0.159. The van der Waals surface area contributed by atoms with Crippen molar-refractivity contribution >= 4 is 5.91 Å². The van der Waals surface area contributed by atoms with Crippen molar-refractivity contribution in [3.05, 3.63) is 0 Å². The minimum Gasteiger partial charge on any atom is -0.385 e. The second kappa shape index (κ2) is 9.60. The third-order valence-electron chi connectivity index (χ3n) is 2.65. The highest BCUT2D eigenvalue weighted by Gasteiger charge is 2.10. The molecule has 0 aromatic rings. The molecule has 0 aromatic heterocycles. The molecule has 0 saturated heterocycles. The van der Waals surface area contributed by atoms with Gasteiger partial charge in [0, 0.05) is 26.8 Å². The van der Waals surface area contributed by atoms with E-state index in [1.165, 1.54) is 0 Å². The molecule has 0 saturated carbocycles. The molecule has 16 heavy (non-hydrogen) atoms. The van der Waals surface area contributed by atoms with Gasteiger partial charge in [0.2, 0.25) is 5.91 Å². The molecule has 1 N–H and O–H groups in total. The molecule has 1 amide bonds. The van der Waals surface area contributed by atoms with E-state index in [4.69, 9.17) is 4.74 Å². The van der Waals surface area contributed by atoms with E-state index in [0.29, 0.717) is 6.54 Å². The molecular formula is C12H26N2O2. The predicted octanol–water partition coefficient (Wildman–Crippen LogP) is 1.26. The first kappa shape index (κ1) is 15.4. The molecule has 0 radical (unpaired) electrons. The van der Waals surface area contributed by atoms with E-state index >= 15 is 0 Å². The molecule has 4 nitrogen and oxygen atoms in total. The van der Waals surface area contributed by atoms with Crippen LogP contribution in [-0.4, -0.2) is 50.7 Å². The van der Waals surface area contributed by atoms with Crippen molar-refractivity contribution in [3.63, 3.8) is 0 Å². The van der Waals surface area contributed by atoms with Crippen LogP contribution in [-0.2, 0) is 9.53 Å². The fourth-order valence-corrected chi connectivity index (χ4v) is 1.28. The van der Waals surface area contributed by atoms with E-state index in [1.807, 2.05) is 20.9 Å². The summed E-state index contributed by atoms with van der Waals surface area (Å²) in [6.07, 6.45) is 3.34. The number of nitrogens with one attached hydrogen (secondary N) is 1. The summed E-state index contributed by atoms with van der Waals surface area (Å²) in [4.78, 5) is 13.3. The van der Waals surface area contributed by atoms with Gasteiger partial charge in [-0.1, -0.05) is 0 Å². The first-order valence-electron chi connectivity index (χ1n) is 6.05. The highest BCUT2D eigenvalue weighted by atomic mass is 16.5. The molecule has 0 fully saturated rings. The van der Waals surface area contributed by atoms with Crippen molar-refractivity contribution in [1.29, 1.82) is 0 Å². The van der Waals surface area contributed by atoms with E-state index < -0.39 is 0 Å². The van der Waals surface area contributed by atoms with Crippen molar-refractivity contribution in [3.8, 4) is 0 Å². The van der Waals surface area contributed by atoms with Crippen LogP contribution in [0.25, 0.3) is 0 Å². The Bertz CT molecular complexity index is 184. The number of methoxy groups -OCH3 is 1. The molecule has 0 rings (SSSR count). The summed E-state index contributed by atoms with van der Waals surface area (Å²) in [6.45, 7) is 6.21. The monoisotopic (exact) mass is 230 g/mol. The molecule has 0 unspecified atom stereocenters. The highest BCUT2D eigenvalue weighted by Crippen LogP contribution is 1.95.